The van der Waals surface area contributed by atoms with E-state index in [-0.39, 0.29) is 16.8 Å². The Morgan fingerprint density at radius 2 is 1.72 bits per heavy atom. The van der Waals surface area contributed by atoms with Crippen LogP contribution in [0.3, 0.4) is 0 Å². The zero-order valence-corrected chi connectivity index (χ0v) is 17.4. The molecule has 0 heterocycles. The summed E-state index contributed by atoms with van der Waals surface area (Å²) in [7, 11) is 0. The lowest BCUT2D eigenvalue weighted by Gasteiger charge is -2.12. The van der Waals surface area contributed by atoms with Crippen LogP contribution in [-0.2, 0) is 20.8 Å². The molecule has 152 valence electrons. The van der Waals surface area contributed by atoms with Crippen molar-refractivity contribution in [2.75, 3.05) is 11.1 Å². The maximum Gasteiger partial charge on any atom is 0.306 e. The second kappa shape index (κ2) is 11.2. The van der Waals surface area contributed by atoms with Crippen molar-refractivity contribution in [3.63, 3.8) is 0 Å². The number of carboxylic acid groups (broad SMARTS) is 1. The number of carbonyl (C=O) groups is 3. The highest BCUT2D eigenvalue weighted by molar-refractivity contribution is 8.13. The van der Waals surface area contributed by atoms with Crippen LogP contribution in [0.15, 0.2) is 60.2 Å². The van der Waals surface area contributed by atoms with Gasteiger partial charge in [-0.3, -0.25) is 14.4 Å². The highest BCUT2D eigenvalue weighted by Gasteiger charge is 2.16. The Balaban J connectivity index is 2.11. The van der Waals surface area contributed by atoms with Gasteiger partial charge in [0.2, 0.25) is 0 Å². The van der Waals surface area contributed by atoms with Gasteiger partial charge in [-0.15, -0.1) is 0 Å². The highest BCUT2D eigenvalue weighted by Crippen LogP contribution is 2.18. The number of hydrogen-bond acceptors (Lipinski definition) is 4. The monoisotopic (exact) mass is 411 g/mol. The molecule has 2 N–H and O–H groups in total. The van der Waals surface area contributed by atoms with Crippen LogP contribution < -0.4 is 5.32 Å². The molecule has 0 saturated carbocycles. The van der Waals surface area contributed by atoms with Crippen molar-refractivity contribution in [2.45, 2.75) is 26.7 Å². The Bertz CT molecular complexity index is 876. The first-order chi connectivity index (χ1) is 13.9. The average molecular weight is 412 g/mol. The van der Waals surface area contributed by atoms with Crippen LogP contribution in [0, 0.1) is 5.92 Å². The van der Waals surface area contributed by atoms with E-state index in [1.165, 1.54) is 6.92 Å². The Kier molecular flexibility index (Phi) is 8.68. The second-order valence-corrected chi connectivity index (χ2v) is 7.81. The van der Waals surface area contributed by atoms with Gasteiger partial charge < -0.3 is 10.4 Å². The number of rotatable bonds is 9. The number of hydrogen-bond donors (Lipinski definition) is 2. The molecule has 0 radical (unpaired) electrons. The average Bonchev–Trinajstić information content (AvgIpc) is 2.70. The third-order valence-electron chi connectivity index (χ3n) is 4.40. The summed E-state index contributed by atoms with van der Waals surface area (Å²) < 4.78 is 0. The molecule has 1 atom stereocenters. The predicted octanol–water partition coefficient (Wildman–Crippen LogP) is 4.64. The lowest BCUT2D eigenvalue weighted by Crippen LogP contribution is -2.17. The fourth-order valence-corrected chi connectivity index (χ4v) is 3.30. The van der Waals surface area contributed by atoms with Crippen LogP contribution in [0.2, 0.25) is 0 Å². The van der Waals surface area contributed by atoms with E-state index in [0.717, 1.165) is 22.9 Å². The summed E-state index contributed by atoms with van der Waals surface area (Å²) in [6, 6.07) is 16.6. The SMILES string of the molecule is CCC(Cc1ccc(NC(=O)/C(=C\c2ccccc2)CSC(C)=O)cc1)C(=O)O. The maximum atomic E-state index is 12.7. The molecule has 0 aromatic heterocycles. The first-order valence-corrected chi connectivity index (χ1v) is 10.4. The summed E-state index contributed by atoms with van der Waals surface area (Å²) in [5, 5.41) is 12.0. The quantitative estimate of drug-likeness (QED) is 0.587. The van der Waals surface area contributed by atoms with Gasteiger partial charge in [-0.1, -0.05) is 61.2 Å². The Morgan fingerprint density at radius 1 is 1.07 bits per heavy atom. The van der Waals surface area contributed by atoms with E-state index in [1.807, 2.05) is 49.4 Å². The molecule has 1 unspecified atom stereocenters. The van der Waals surface area contributed by atoms with Gasteiger partial charge in [0.25, 0.3) is 5.91 Å². The summed E-state index contributed by atoms with van der Waals surface area (Å²) in [5.41, 5.74) is 2.91. The van der Waals surface area contributed by atoms with Crippen LogP contribution in [-0.4, -0.2) is 27.9 Å². The molecule has 0 fully saturated rings. The van der Waals surface area contributed by atoms with Crippen LogP contribution in [0.4, 0.5) is 5.69 Å². The van der Waals surface area contributed by atoms with Gasteiger partial charge in [-0.05, 0) is 42.2 Å². The largest absolute Gasteiger partial charge is 0.481 e. The van der Waals surface area contributed by atoms with Crippen LogP contribution in [0.5, 0.6) is 0 Å². The molecular formula is C23H25NO4S. The minimum atomic E-state index is -0.802. The van der Waals surface area contributed by atoms with Crippen molar-refractivity contribution in [1.29, 1.82) is 0 Å². The molecule has 1 amide bonds. The smallest absolute Gasteiger partial charge is 0.306 e. The number of carbonyl (C=O) groups excluding carboxylic acids is 2. The minimum Gasteiger partial charge on any atom is -0.481 e. The zero-order chi connectivity index (χ0) is 21.2. The van der Waals surface area contributed by atoms with Crippen LogP contribution >= 0.6 is 11.8 Å². The molecule has 0 aliphatic rings. The summed E-state index contributed by atoms with van der Waals surface area (Å²) in [6.45, 7) is 3.33. The molecule has 0 aliphatic carbocycles. The topological polar surface area (TPSA) is 83.5 Å². The molecule has 0 spiro atoms. The van der Waals surface area contributed by atoms with E-state index in [0.29, 0.717) is 24.1 Å². The Morgan fingerprint density at radius 3 is 2.28 bits per heavy atom. The molecule has 0 bridgehead atoms. The lowest BCUT2D eigenvalue weighted by atomic mass is 9.97. The van der Waals surface area contributed by atoms with Crippen molar-refractivity contribution in [3.8, 4) is 0 Å². The zero-order valence-electron chi connectivity index (χ0n) is 16.6. The summed E-state index contributed by atoms with van der Waals surface area (Å²) in [5.74, 6) is -1.21. The van der Waals surface area contributed by atoms with Gasteiger partial charge >= 0.3 is 5.97 Å². The number of nitrogens with one attached hydrogen (secondary N) is 1. The highest BCUT2D eigenvalue weighted by atomic mass is 32.2. The van der Waals surface area contributed by atoms with E-state index in [2.05, 4.69) is 5.32 Å². The van der Waals surface area contributed by atoms with E-state index >= 15 is 0 Å². The van der Waals surface area contributed by atoms with Crippen molar-refractivity contribution < 1.29 is 19.5 Å². The van der Waals surface area contributed by atoms with E-state index in [9.17, 15) is 19.5 Å². The lowest BCUT2D eigenvalue weighted by molar-refractivity contribution is -0.141. The first-order valence-electron chi connectivity index (χ1n) is 9.41. The number of aliphatic carboxylic acids is 1. The second-order valence-electron chi connectivity index (χ2n) is 6.66. The first kappa shape index (κ1) is 22.4. The fraction of sp³-hybridized carbons (Fsp3) is 0.261. The molecular weight excluding hydrogens is 386 g/mol. The number of carboxylic acids is 1. The molecule has 5 nitrogen and oxygen atoms in total. The summed E-state index contributed by atoms with van der Waals surface area (Å²) in [4.78, 5) is 35.3. The molecule has 2 aromatic rings. The number of thioether (sulfide) groups is 1. The molecule has 29 heavy (non-hydrogen) atoms. The normalized spacial score (nSPS) is 12.3. The van der Waals surface area contributed by atoms with Crippen molar-refractivity contribution in [2.24, 2.45) is 5.92 Å². The third-order valence-corrected chi connectivity index (χ3v) is 5.26. The third kappa shape index (κ3) is 7.58. The Hall–Kier alpha value is -2.86. The van der Waals surface area contributed by atoms with Crippen LogP contribution in [0.25, 0.3) is 6.08 Å². The van der Waals surface area contributed by atoms with E-state index < -0.39 is 11.9 Å². The molecule has 2 aromatic carbocycles. The maximum absolute atomic E-state index is 12.7. The van der Waals surface area contributed by atoms with Gasteiger partial charge in [0.05, 0.1) is 5.92 Å². The molecule has 2 rings (SSSR count). The Labute approximate surface area is 175 Å². The van der Waals surface area contributed by atoms with Crippen molar-refractivity contribution >= 4 is 40.5 Å². The molecule has 0 saturated heterocycles. The van der Waals surface area contributed by atoms with Crippen LogP contribution in [0.1, 0.15) is 31.4 Å². The van der Waals surface area contributed by atoms with Gasteiger partial charge in [0.1, 0.15) is 0 Å². The fourth-order valence-electron chi connectivity index (χ4n) is 2.73. The number of amides is 1. The van der Waals surface area contributed by atoms with Gasteiger partial charge in [-0.25, -0.2) is 0 Å². The summed E-state index contributed by atoms with van der Waals surface area (Å²) >= 11 is 1.09. The van der Waals surface area contributed by atoms with Crippen molar-refractivity contribution in [3.05, 3.63) is 71.3 Å². The van der Waals surface area contributed by atoms with Crippen molar-refractivity contribution in [1.82, 2.24) is 0 Å². The van der Waals surface area contributed by atoms with Gasteiger partial charge in [0, 0.05) is 23.9 Å². The number of benzene rings is 2. The van der Waals surface area contributed by atoms with Gasteiger partial charge in [-0.2, -0.15) is 0 Å². The van der Waals surface area contributed by atoms with E-state index in [1.54, 1.807) is 18.2 Å². The molecule has 6 heteroatoms. The predicted molar refractivity (Wildman–Crippen MR) is 118 cm³/mol. The van der Waals surface area contributed by atoms with E-state index in [4.69, 9.17) is 0 Å². The number of anilines is 1. The molecule has 0 aliphatic heterocycles. The minimum absolute atomic E-state index is 0.0509. The summed E-state index contributed by atoms with van der Waals surface area (Å²) in [6.07, 6.45) is 2.79. The standard InChI is InChI=1S/C23H25NO4S/c1-3-19(23(27)28)13-18-9-11-21(12-10-18)24-22(26)20(15-29-16(2)25)14-17-7-5-4-6-8-17/h4-12,14,19H,3,13,15H2,1-2H3,(H,24,26)(H,27,28)/b20-14-. The van der Waals surface area contributed by atoms with Gasteiger partial charge in [0.15, 0.2) is 5.12 Å².